The van der Waals surface area contributed by atoms with Crippen molar-refractivity contribution in [3.05, 3.63) is 51.7 Å². The van der Waals surface area contributed by atoms with Crippen molar-refractivity contribution < 1.29 is 9.31 Å². The highest BCUT2D eigenvalue weighted by Gasteiger charge is 2.51. The van der Waals surface area contributed by atoms with Crippen LogP contribution < -0.4 is 5.46 Å². The van der Waals surface area contributed by atoms with Crippen molar-refractivity contribution in [3.63, 3.8) is 0 Å². The third-order valence-electron chi connectivity index (χ3n) is 4.48. The number of thiophene rings is 1. The van der Waals surface area contributed by atoms with Crippen molar-refractivity contribution in [2.45, 2.75) is 45.8 Å². The minimum absolute atomic E-state index is 0.326. The predicted octanol–water partition coefficient (Wildman–Crippen LogP) is 3.76. The lowest BCUT2D eigenvalue weighted by atomic mass is 9.78. The van der Waals surface area contributed by atoms with Crippen LogP contribution in [0.5, 0.6) is 0 Å². The zero-order valence-corrected chi connectivity index (χ0v) is 15.1. The lowest BCUT2D eigenvalue weighted by Gasteiger charge is -2.32. The summed E-state index contributed by atoms with van der Waals surface area (Å²) in [4.78, 5) is 2.36. The van der Waals surface area contributed by atoms with E-state index in [1.165, 1.54) is 4.88 Å². The predicted molar refractivity (Wildman–Crippen MR) is 97.2 cm³/mol. The molecule has 1 aliphatic heterocycles. The van der Waals surface area contributed by atoms with Crippen molar-refractivity contribution in [2.24, 2.45) is 0 Å². The zero-order chi connectivity index (χ0) is 16.7. The summed E-state index contributed by atoms with van der Waals surface area (Å²) in [5.41, 5.74) is 1.34. The summed E-state index contributed by atoms with van der Waals surface area (Å²) < 4.78 is 12.2. The van der Waals surface area contributed by atoms with E-state index < -0.39 is 0 Å². The molecule has 0 spiro atoms. The van der Waals surface area contributed by atoms with Gasteiger partial charge in [0.25, 0.3) is 0 Å². The third-order valence-corrected chi connectivity index (χ3v) is 5.40. The second-order valence-corrected chi connectivity index (χ2v) is 8.16. The highest BCUT2D eigenvalue weighted by Crippen LogP contribution is 2.36. The molecule has 0 aliphatic carbocycles. The molecule has 0 atom stereocenters. The number of hydrogen-bond donors (Lipinski definition) is 0. The van der Waals surface area contributed by atoms with Gasteiger partial charge >= 0.3 is 7.12 Å². The molecular weight excluding hydrogens is 303 g/mol. The van der Waals surface area contributed by atoms with E-state index in [0.29, 0.717) is 0 Å². The molecule has 4 heteroatoms. The fourth-order valence-electron chi connectivity index (χ4n) is 2.38. The first-order valence-electron chi connectivity index (χ1n) is 7.81. The molecule has 2 nitrogen and oxygen atoms in total. The largest absolute Gasteiger partial charge is 0.494 e. The Morgan fingerprint density at radius 2 is 1.65 bits per heavy atom. The first-order chi connectivity index (χ1) is 10.8. The van der Waals surface area contributed by atoms with E-state index in [2.05, 4.69) is 64.7 Å². The van der Waals surface area contributed by atoms with Gasteiger partial charge in [-0.15, -0.1) is 11.3 Å². The second kappa shape index (κ2) is 5.83. The van der Waals surface area contributed by atoms with E-state index in [1.807, 2.05) is 18.2 Å². The highest BCUT2D eigenvalue weighted by molar-refractivity contribution is 7.12. The molecule has 2 aromatic rings. The Hall–Kier alpha value is -1.54. The van der Waals surface area contributed by atoms with Gasteiger partial charge in [-0.2, -0.15) is 0 Å². The minimum atomic E-state index is -0.342. The van der Waals surface area contributed by atoms with Gasteiger partial charge < -0.3 is 9.31 Å². The summed E-state index contributed by atoms with van der Waals surface area (Å²) in [7, 11) is -0.342. The van der Waals surface area contributed by atoms with Gasteiger partial charge in [-0.3, -0.25) is 0 Å². The monoisotopic (exact) mass is 324 g/mol. The van der Waals surface area contributed by atoms with E-state index in [9.17, 15) is 0 Å². The van der Waals surface area contributed by atoms with Gasteiger partial charge in [0.1, 0.15) is 0 Å². The average Bonchev–Trinajstić information content (AvgIpc) is 2.98. The van der Waals surface area contributed by atoms with E-state index in [1.54, 1.807) is 11.3 Å². The Morgan fingerprint density at radius 3 is 2.26 bits per heavy atom. The van der Waals surface area contributed by atoms with Crippen LogP contribution in [0.25, 0.3) is 0 Å². The van der Waals surface area contributed by atoms with Crippen molar-refractivity contribution in [2.75, 3.05) is 0 Å². The van der Waals surface area contributed by atoms with Crippen molar-refractivity contribution in [3.8, 4) is 11.8 Å². The maximum atomic E-state index is 6.10. The molecule has 1 aromatic heterocycles. The molecule has 1 aromatic carbocycles. The molecule has 3 rings (SSSR count). The Morgan fingerprint density at radius 1 is 0.957 bits per heavy atom. The first-order valence-corrected chi connectivity index (χ1v) is 8.63. The zero-order valence-electron chi connectivity index (χ0n) is 14.3. The number of benzene rings is 1. The summed E-state index contributed by atoms with van der Waals surface area (Å²) in [6.07, 6.45) is 0. The third kappa shape index (κ3) is 3.38. The summed E-state index contributed by atoms with van der Waals surface area (Å²) in [5.74, 6) is 6.45. The molecule has 0 saturated carbocycles. The molecule has 0 N–H and O–H groups in total. The molecule has 0 unspecified atom stereocenters. The standard InChI is InChI=1S/C19H21BO2S/c1-14-9-11-17(23-14)12-10-15-7-6-8-16(13-15)20-21-18(2,3)19(4,5)22-20/h6-9,11,13H,1-5H3. The lowest BCUT2D eigenvalue weighted by Crippen LogP contribution is -2.41. The molecule has 1 fully saturated rings. The van der Waals surface area contributed by atoms with Gasteiger partial charge in [0.2, 0.25) is 0 Å². The smallest absolute Gasteiger partial charge is 0.399 e. The number of hydrogen-bond acceptors (Lipinski definition) is 3. The van der Waals surface area contributed by atoms with Crippen LogP contribution in [0, 0.1) is 18.8 Å². The van der Waals surface area contributed by atoms with Crippen LogP contribution in [0.4, 0.5) is 0 Å². The quantitative estimate of drug-likeness (QED) is 0.587. The molecule has 0 bridgehead atoms. The Balaban J connectivity index is 1.83. The molecule has 0 amide bonds. The van der Waals surface area contributed by atoms with Crippen LogP contribution in [-0.2, 0) is 9.31 Å². The van der Waals surface area contributed by atoms with Gasteiger partial charge in [0.05, 0.1) is 16.1 Å². The normalized spacial score (nSPS) is 18.6. The maximum Gasteiger partial charge on any atom is 0.494 e. The van der Waals surface area contributed by atoms with Crippen molar-refractivity contribution in [1.29, 1.82) is 0 Å². The molecule has 1 aliphatic rings. The topological polar surface area (TPSA) is 18.5 Å². The van der Waals surface area contributed by atoms with Crippen LogP contribution in [-0.4, -0.2) is 18.3 Å². The van der Waals surface area contributed by atoms with Crippen molar-refractivity contribution >= 4 is 23.9 Å². The van der Waals surface area contributed by atoms with Gasteiger partial charge in [-0.05, 0) is 64.3 Å². The van der Waals surface area contributed by atoms with Crippen LogP contribution in [0.2, 0.25) is 0 Å². The molecule has 23 heavy (non-hydrogen) atoms. The summed E-state index contributed by atoms with van der Waals surface area (Å²) in [6, 6.07) is 12.3. The number of aryl methyl sites for hydroxylation is 1. The van der Waals surface area contributed by atoms with Crippen LogP contribution in [0.3, 0.4) is 0 Å². The lowest BCUT2D eigenvalue weighted by molar-refractivity contribution is 0.00578. The maximum absolute atomic E-state index is 6.10. The van der Waals surface area contributed by atoms with Gasteiger partial charge in [-0.25, -0.2) is 0 Å². The summed E-state index contributed by atoms with van der Waals surface area (Å²) in [5, 5.41) is 0. The van der Waals surface area contributed by atoms with Crippen LogP contribution in [0.15, 0.2) is 36.4 Å². The van der Waals surface area contributed by atoms with Crippen LogP contribution >= 0.6 is 11.3 Å². The van der Waals surface area contributed by atoms with Crippen molar-refractivity contribution in [1.82, 2.24) is 0 Å². The minimum Gasteiger partial charge on any atom is -0.399 e. The summed E-state index contributed by atoms with van der Waals surface area (Å²) in [6.45, 7) is 10.4. The number of rotatable bonds is 1. The Bertz CT molecular complexity index is 764. The Labute approximate surface area is 143 Å². The van der Waals surface area contributed by atoms with Gasteiger partial charge in [0, 0.05) is 10.4 Å². The fraction of sp³-hybridized carbons (Fsp3) is 0.368. The average molecular weight is 324 g/mol. The first kappa shape index (κ1) is 16.3. The molecule has 1 saturated heterocycles. The van der Waals surface area contributed by atoms with Gasteiger partial charge in [0.15, 0.2) is 0 Å². The van der Waals surface area contributed by atoms with E-state index in [0.717, 1.165) is 15.9 Å². The molecule has 0 radical (unpaired) electrons. The Kier molecular flexibility index (Phi) is 4.14. The SMILES string of the molecule is Cc1ccc(C#Cc2cccc(B3OC(C)(C)C(C)(C)O3)c2)s1. The van der Waals surface area contributed by atoms with Crippen LogP contribution in [0.1, 0.15) is 43.0 Å². The fourth-order valence-corrected chi connectivity index (χ4v) is 3.10. The summed E-state index contributed by atoms with van der Waals surface area (Å²) >= 11 is 1.71. The van der Waals surface area contributed by atoms with E-state index in [-0.39, 0.29) is 18.3 Å². The van der Waals surface area contributed by atoms with E-state index >= 15 is 0 Å². The highest BCUT2D eigenvalue weighted by atomic mass is 32.1. The second-order valence-electron chi connectivity index (χ2n) is 6.87. The van der Waals surface area contributed by atoms with Gasteiger partial charge in [-0.1, -0.05) is 24.0 Å². The molecule has 118 valence electrons. The molecular formula is C19H21BO2S. The molecule has 2 heterocycles. The van der Waals surface area contributed by atoms with E-state index in [4.69, 9.17) is 9.31 Å².